The minimum atomic E-state index is -1.01. The molecule has 0 spiro atoms. The van der Waals surface area contributed by atoms with Crippen LogP contribution < -0.4 is 4.74 Å². The molecule has 0 bridgehead atoms. The zero-order valence-corrected chi connectivity index (χ0v) is 21.0. The highest BCUT2D eigenvalue weighted by Crippen LogP contribution is 2.20. The molecule has 1 N–H and O–H groups in total. The zero-order chi connectivity index (χ0) is 24.6. The lowest BCUT2D eigenvalue weighted by Gasteiger charge is -2.33. The van der Waals surface area contributed by atoms with Crippen LogP contribution in [0.25, 0.3) is 0 Å². The van der Waals surface area contributed by atoms with Crippen molar-refractivity contribution in [3.8, 4) is 5.95 Å². The molecule has 8 heteroatoms. The van der Waals surface area contributed by atoms with Crippen LogP contribution in [-0.4, -0.2) is 60.6 Å². The smallest absolute Gasteiger partial charge is 0.407 e. The number of nitrogens with zero attached hydrogens (tertiary/aromatic N) is 1. The summed E-state index contributed by atoms with van der Waals surface area (Å²) in [6, 6.07) is 3.14. The molecular weight excluding hydrogens is 438 g/mol. The molecular formula is C26H43NO7. The minimum Gasteiger partial charge on any atom is -0.465 e. The van der Waals surface area contributed by atoms with Crippen LogP contribution in [0.4, 0.5) is 4.79 Å². The molecule has 194 valence electrons. The number of esters is 1. The topological polar surface area (TPSA) is 98.4 Å². The van der Waals surface area contributed by atoms with E-state index in [9.17, 15) is 9.59 Å². The summed E-state index contributed by atoms with van der Waals surface area (Å²) in [5, 5.41) is 9.13. The average molecular weight is 482 g/mol. The lowest BCUT2D eigenvalue weighted by atomic mass is 10.1. The molecule has 1 aliphatic heterocycles. The molecule has 1 amide bonds. The van der Waals surface area contributed by atoms with Crippen molar-refractivity contribution in [2.24, 2.45) is 0 Å². The molecule has 8 nitrogen and oxygen atoms in total. The molecule has 1 aromatic heterocycles. The molecule has 0 radical (unpaired) electrons. The Bertz CT molecular complexity index is 705. The first-order chi connectivity index (χ1) is 16.5. The first-order valence-electron chi connectivity index (χ1n) is 13.0. The number of amides is 1. The lowest BCUT2D eigenvalue weighted by Crippen LogP contribution is -2.49. The SMILES string of the molecule is CCCCCCCCCCCCCCOc1ccc(C(=O)OC(C)C2CN(C(=O)O)CCO2)o1. The Hall–Kier alpha value is -2.22. The standard InChI is InChI=1S/C26H43NO7/c1-3-4-5-6-7-8-9-10-11-12-13-14-18-32-24-16-15-22(34-24)25(28)33-21(2)23-20-27(26(29)30)17-19-31-23/h15-16,21,23H,3-14,17-20H2,1-2H3,(H,29,30). The monoisotopic (exact) mass is 481 g/mol. The van der Waals surface area contributed by atoms with Crippen LogP contribution in [0.1, 0.15) is 101 Å². The summed E-state index contributed by atoms with van der Waals surface area (Å²) >= 11 is 0. The van der Waals surface area contributed by atoms with Crippen LogP contribution in [0.2, 0.25) is 0 Å². The van der Waals surface area contributed by atoms with Crippen molar-refractivity contribution < 1.29 is 33.3 Å². The number of hydrogen-bond acceptors (Lipinski definition) is 6. The van der Waals surface area contributed by atoms with Gasteiger partial charge >= 0.3 is 12.1 Å². The number of ether oxygens (including phenoxy) is 3. The maximum Gasteiger partial charge on any atom is 0.407 e. The average Bonchev–Trinajstić information content (AvgIpc) is 3.31. The Morgan fingerprint density at radius 1 is 1.03 bits per heavy atom. The first-order valence-corrected chi connectivity index (χ1v) is 13.0. The zero-order valence-electron chi connectivity index (χ0n) is 21.0. The van der Waals surface area contributed by atoms with E-state index in [1.54, 1.807) is 13.0 Å². The van der Waals surface area contributed by atoms with Crippen molar-refractivity contribution in [2.45, 2.75) is 103 Å². The number of unbranched alkanes of at least 4 members (excludes halogenated alkanes) is 11. The van der Waals surface area contributed by atoms with Crippen molar-refractivity contribution in [1.82, 2.24) is 4.90 Å². The predicted octanol–water partition coefficient (Wildman–Crippen LogP) is 6.28. The second kappa shape index (κ2) is 16.4. The third-order valence-electron chi connectivity index (χ3n) is 6.21. The normalized spacial score (nSPS) is 16.9. The Labute approximate surface area is 203 Å². The van der Waals surface area contributed by atoms with Crippen LogP contribution in [-0.2, 0) is 9.47 Å². The van der Waals surface area contributed by atoms with Crippen LogP contribution in [0.15, 0.2) is 16.5 Å². The Morgan fingerprint density at radius 3 is 2.26 bits per heavy atom. The number of morpholine rings is 1. The first kappa shape index (κ1) is 28.0. The molecule has 1 fully saturated rings. The van der Waals surface area contributed by atoms with Gasteiger partial charge in [0.25, 0.3) is 5.95 Å². The van der Waals surface area contributed by atoms with Gasteiger partial charge in [0.2, 0.25) is 5.76 Å². The second-order valence-electron chi connectivity index (χ2n) is 9.10. The molecule has 0 aromatic carbocycles. The van der Waals surface area contributed by atoms with Crippen molar-refractivity contribution in [1.29, 1.82) is 0 Å². The van der Waals surface area contributed by atoms with E-state index in [0.717, 1.165) is 12.8 Å². The number of furan rings is 1. The fraction of sp³-hybridized carbons (Fsp3) is 0.769. The fourth-order valence-electron chi connectivity index (χ4n) is 4.06. The largest absolute Gasteiger partial charge is 0.465 e. The van der Waals surface area contributed by atoms with Crippen molar-refractivity contribution in [2.75, 3.05) is 26.3 Å². The summed E-state index contributed by atoms with van der Waals surface area (Å²) in [6.45, 7) is 5.23. The number of hydrogen-bond donors (Lipinski definition) is 1. The van der Waals surface area contributed by atoms with Crippen molar-refractivity contribution in [3.05, 3.63) is 17.9 Å². The van der Waals surface area contributed by atoms with E-state index in [2.05, 4.69) is 6.92 Å². The Morgan fingerprint density at radius 2 is 1.65 bits per heavy atom. The number of carbonyl (C=O) groups excluding carboxylic acids is 1. The van der Waals surface area contributed by atoms with E-state index in [-0.39, 0.29) is 18.9 Å². The van der Waals surface area contributed by atoms with Gasteiger partial charge in [-0.25, -0.2) is 9.59 Å². The summed E-state index contributed by atoms with van der Waals surface area (Å²) < 4.78 is 22.0. The Balaban J connectivity index is 1.53. The summed E-state index contributed by atoms with van der Waals surface area (Å²) in [5.74, 6) is -0.264. The lowest BCUT2D eigenvalue weighted by molar-refractivity contribution is -0.0839. The van der Waals surface area contributed by atoms with E-state index in [4.69, 9.17) is 23.7 Å². The van der Waals surface area contributed by atoms with Gasteiger partial charge in [0.1, 0.15) is 12.2 Å². The van der Waals surface area contributed by atoms with Gasteiger partial charge < -0.3 is 28.6 Å². The maximum absolute atomic E-state index is 12.4. The third kappa shape index (κ3) is 10.8. The molecule has 1 saturated heterocycles. The van der Waals surface area contributed by atoms with Crippen LogP contribution in [0, 0.1) is 0 Å². The van der Waals surface area contributed by atoms with E-state index < -0.39 is 24.3 Å². The molecule has 34 heavy (non-hydrogen) atoms. The number of carboxylic acid groups (broad SMARTS) is 1. The number of carbonyl (C=O) groups is 2. The van der Waals surface area contributed by atoms with E-state index in [0.29, 0.717) is 19.1 Å². The summed E-state index contributed by atoms with van der Waals surface area (Å²) in [4.78, 5) is 24.8. The minimum absolute atomic E-state index is 0.0578. The molecule has 0 saturated carbocycles. The Kier molecular flexibility index (Phi) is 13.5. The van der Waals surface area contributed by atoms with E-state index in [1.807, 2.05) is 0 Å². The summed E-state index contributed by atoms with van der Waals surface area (Å²) in [6.07, 6.45) is 13.3. The van der Waals surface area contributed by atoms with Gasteiger partial charge in [-0.2, -0.15) is 0 Å². The van der Waals surface area contributed by atoms with Crippen LogP contribution in [0.5, 0.6) is 5.95 Å². The molecule has 2 heterocycles. The quantitative estimate of drug-likeness (QED) is 0.206. The van der Waals surface area contributed by atoms with Crippen molar-refractivity contribution >= 4 is 12.1 Å². The summed E-state index contributed by atoms with van der Waals surface area (Å²) in [7, 11) is 0. The fourth-order valence-corrected chi connectivity index (χ4v) is 4.06. The van der Waals surface area contributed by atoms with Gasteiger partial charge in [-0.05, 0) is 19.4 Å². The highest BCUT2D eigenvalue weighted by molar-refractivity contribution is 5.86. The van der Waals surface area contributed by atoms with Gasteiger partial charge in [0.15, 0.2) is 0 Å². The molecule has 0 aliphatic carbocycles. The maximum atomic E-state index is 12.4. The second-order valence-corrected chi connectivity index (χ2v) is 9.10. The number of rotatable bonds is 17. The molecule has 2 rings (SSSR count). The van der Waals surface area contributed by atoms with Gasteiger partial charge in [0, 0.05) is 12.6 Å². The molecule has 1 aromatic rings. The van der Waals surface area contributed by atoms with Gasteiger partial charge in [-0.15, -0.1) is 0 Å². The van der Waals surface area contributed by atoms with Crippen LogP contribution in [0.3, 0.4) is 0 Å². The highest BCUT2D eigenvalue weighted by atomic mass is 16.6. The summed E-state index contributed by atoms with van der Waals surface area (Å²) in [5.41, 5.74) is 0. The molecule has 2 unspecified atom stereocenters. The highest BCUT2D eigenvalue weighted by Gasteiger charge is 2.31. The molecule has 1 aliphatic rings. The van der Waals surface area contributed by atoms with Crippen molar-refractivity contribution in [3.63, 3.8) is 0 Å². The third-order valence-corrected chi connectivity index (χ3v) is 6.21. The van der Waals surface area contributed by atoms with E-state index >= 15 is 0 Å². The van der Waals surface area contributed by atoms with Gasteiger partial charge in [0.05, 0.1) is 19.8 Å². The van der Waals surface area contributed by atoms with E-state index in [1.165, 1.54) is 75.2 Å². The van der Waals surface area contributed by atoms with Crippen LogP contribution >= 0.6 is 0 Å². The predicted molar refractivity (Wildman–Crippen MR) is 129 cm³/mol. The molecule has 2 atom stereocenters. The van der Waals surface area contributed by atoms with Gasteiger partial charge in [-0.3, -0.25) is 0 Å². The van der Waals surface area contributed by atoms with Gasteiger partial charge in [-0.1, -0.05) is 77.6 Å².